The van der Waals surface area contributed by atoms with Crippen LogP contribution in [0.25, 0.3) is 0 Å². The van der Waals surface area contributed by atoms with Crippen LogP contribution in [0, 0.1) is 17.3 Å². The maximum atomic E-state index is 11.5. The first-order valence-electron chi connectivity index (χ1n) is 6.76. The van der Waals surface area contributed by atoms with Crippen LogP contribution in [0.15, 0.2) is 0 Å². The van der Waals surface area contributed by atoms with E-state index in [1.165, 1.54) is 32.1 Å². The fourth-order valence-corrected chi connectivity index (χ4v) is 3.40. The molecule has 1 aliphatic heterocycles. The third kappa shape index (κ3) is 2.11. The summed E-state index contributed by atoms with van der Waals surface area (Å²) >= 11 is 0. The van der Waals surface area contributed by atoms with Gasteiger partial charge in [0.25, 0.3) is 0 Å². The summed E-state index contributed by atoms with van der Waals surface area (Å²) < 4.78 is 5.51. The summed E-state index contributed by atoms with van der Waals surface area (Å²) in [5, 5.41) is 0. The highest BCUT2D eigenvalue weighted by atomic mass is 16.6. The van der Waals surface area contributed by atoms with Gasteiger partial charge in [-0.3, -0.25) is 4.79 Å². The van der Waals surface area contributed by atoms with E-state index in [2.05, 4.69) is 13.8 Å². The smallest absolute Gasteiger partial charge is 0.309 e. The van der Waals surface area contributed by atoms with E-state index >= 15 is 0 Å². The third-order valence-corrected chi connectivity index (χ3v) is 4.67. The maximum absolute atomic E-state index is 11.5. The molecule has 0 radical (unpaired) electrons. The van der Waals surface area contributed by atoms with Gasteiger partial charge in [0, 0.05) is 5.92 Å². The summed E-state index contributed by atoms with van der Waals surface area (Å²) in [6.07, 6.45) is 7.62. The molecule has 1 unspecified atom stereocenters. The maximum Gasteiger partial charge on any atom is 0.309 e. The fraction of sp³-hybridized carbons (Fsp3) is 0.929. The topological polar surface area (TPSA) is 26.3 Å². The van der Waals surface area contributed by atoms with Crippen molar-refractivity contribution in [1.29, 1.82) is 0 Å². The van der Waals surface area contributed by atoms with E-state index in [1.807, 2.05) is 6.92 Å². The molecular formula is C14H24O2. The van der Waals surface area contributed by atoms with Crippen molar-refractivity contribution in [3.8, 4) is 0 Å². The van der Waals surface area contributed by atoms with Gasteiger partial charge in [-0.1, -0.05) is 33.6 Å². The van der Waals surface area contributed by atoms with Gasteiger partial charge in [0.05, 0.1) is 5.92 Å². The first kappa shape index (κ1) is 11.9. The molecular weight excluding hydrogens is 200 g/mol. The van der Waals surface area contributed by atoms with Crippen LogP contribution >= 0.6 is 0 Å². The number of esters is 1. The molecule has 0 aromatic heterocycles. The normalized spacial score (nSPS) is 42.9. The van der Waals surface area contributed by atoms with Crippen molar-refractivity contribution in [3.63, 3.8) is 0 Å². The zero-order valence-electron chi connectivity index (χ0n) is 10.8. The lowest BCUT2D eigenvalue weighted by Gasteiger charge is -2.39. The lowest BCUT2D eigenvalue weighted by Crippen LogP contribution is -2.34. The molecule has 2 aliphatic rings. The van der Waals surface area contributed by atoms with Crippen molar-refractivity contribution in [2.75, 3.05) is 0 Å². The van der Waals surface area contributed by atoms with Crippen LogP contribution in [-0.4, -0.2) is 12.1 Å². The molecule has 0 N–H and O–H groups in total. The Labute approximate surface area is 98.7 Å². The number of unbranched alkanes of at least 4 members (excludes halogenated alkanes) is 1. The van der Waals surface area contributed by atoms with Crippen molar-refractivity contribution in [3.05, 3.63) is 0 Å². The standard InChI is InChI=1S/C14H24O2/c1-4-5-7-14(3)8-6-11-10(2)13(15)16-12(11)9-14/h10-12H,4-9H2,1-3H3/t10-,11-,12?,14+/m0/s1. The monoisotopic (exact) mass is 224 g/mol. The largest absolute Gasteiger partial charge is 0.462 e. The molecule has 0 bridgehead atoms. The third-order valence-electron chi connectivity index (χ3n) is 4.67. The van der Waals surface area contributed by atoms with Gasteiger partial charge >= 0.3 is 5.97 Å². The van der Waals surface area contributed by atoms with E-state index in [0.29, 0.717) is 11.3 Å². The summed E-state index contributed by atoms with van der Waals surface area (Å²) in [7, 11) is 0. The van der Waals surface area contributed by atoms with Crippen molar-refractivity contribution in [2.45, 2.75) is 65.4 Å². The molecule has 1 saturated carbocycles. The quantitative estimate of drug-likeness (QED) is 0.685. The van der Waals surface area contributed by atoms with Crippen LogP contribution in [0.5, 0.6) is 0 Å². The van der Waals surface area contributed by atoms with Crippen LogP contribution in [0.4, 0.5) is 0 Å². The van der Waals surface area contributed by atoms with Gasteiger partial charge in [-0.05, 0) is 31.1 Å². The molecule has 2 heteroatoms. The van der Waals surface area contributed by atoms with Gasteiger partial charge in [-0.15, -0.1) is 0 Å². The average Bonchev–Trinajstić information content (AvgIpc) is 2.51. The molecule has 0 aromatic carbocycles. The van der Waals surface area contributed by atoms with Crippen molar-refractivity contribution in [2.24, 2.45) is 17.3 Å². The highest BCUT2D eigenvalue weighted by molar-refractivity contribution is 5.74. The first-order valence-corrected chi connectivity index (χ1v) is 6.76. The Hall–Kier alpha value is -0.530. The highest BCUT2D eigenvalue weighted by Crippen LogP contribution is 2.48. The second-order valence-electron chi connectivity index (χ2n) is 6.08. The number of hydrogen-bond acceptors (Lipinski definition) is 2. The predicted molar refractivity (Wildman–Crippen MR) is 64.0 cm³/mol. The lowest BCUT2D eigenvalue weighted by molar-refractivity contribution is -0.145. The minimum atomic E-state index is 0.0368. The predicted octanol–water partition coefficient (Wildman–Crippen LogP) is 3.54. The van der Waals surface area contributed by atoms with Crippen LogP contribution in [0.1, 0.15) is 59.3 Å². The molecule has 1 saturated heterocycles. The van der Waals surface area contributed by atoms with E-state index < -0.39 is 0 Å². The Kier molecular flexibility index (Phi) is 3.27. The Morgan fingerprint density at radius 3 is 2.94 bits per heavy atom. The number of carbonyl (C=O) groups is 1. The van der Waals surface area contributed by atoms with Gasteiger partial charge in [-0.2, -0.15) is 0 Å². The Bertz CT molecular complexity index is 274. The first-order chi connectivity index (χ1) is 7.56. The van der Waals surface area contributed by atoms with Gasteiger partial charge < -0.3 is 4.74 Å². The molecule has 2 nitrogen and oxygen atoms in total. The molecule has 0 amide bonds. The summed E-state index contributed by atoms with van der Waals surface area (Å²) in [5.41, 5.74) is 0.418. The van der Waals surface area contributed by atoms with Crippen LogP contribution in [0.2, 0.25) is 0 Å². The fourth-order valence-electron chi connectivity index (χ4n) is 3.40. The summed E-state index contributed by atoms with van der Waals surface area (Å²) in [6.45, 7) is 6.64. The van der Waals surface area contributed by atoms with Crippen LogP contribution < -0.4 is 0 Å². The van der Waals surface area contributed by atoms with E-state index in [4.69, 9.17) is 4.74 Å². The Balaban J connectivity index is 1.98. The number of hydrogen-bond donors (Lipinski definition) is 0. The highest BCUT2D eigenvalue weighted by Gasteiger charge is 2.48. The van der Waals surface area contributed by atoms with E-state index in [9.17, 15) is 4.79 Å². The lowest BCUT2D eigenvalue weighted by atomic mass is 9.66. The molecule has 92 valence electrons. The summed E-state index contributed by atoms with van der Waals surface area (Å²) in [5.74, 6) is 0.678. The molecule has 0 aromatic rings. The number of carbonyl (C=O) groups excluding carboxylic acids is 1. The molecule has 2 rings (SSSR count). The molecule has 2 fully saturated rings. The number of rotatable bonds is 3. The SMILES string of the molecule is CCCC[C@]1(C)CC[C@@H]2C(C1)OC(=O)[C@H]2C. The summed E-state index contributed by atoms with van der Waals surface area (Å²) in [4.78, 5) is 11.5. The zero-order valence-corrected chi connectivity index (χ0v) is 10.8. The van der Waals surface area contributed by atoms with Gasteiger partial charge in [0.2, 0.25) is 0 Å². The van der Waals surface area contributed by atoms with E-state index in [0.717, 1.165) is 6.42 Å². The van der Waals surface area contributed by atoms with Crippen molar-refractivity contribution in [1.82, 2.24) is 0 Å². The molecule has 1 aliphatic carbocycles. The minimum Gasteiger partial charge on any atom is -0.462 e. The molecule has 1 heterocycles. The van der Waals surface area contributed by atoms with Gasteiger partial charge in [0.1, 0.15) is 6.10 Å². The molecule has 4 atom stereocenters. The Morgan fingerprint density at radius 1 is 1.50 bits per heavy atom. The second-order valence-corrected chi connectivity index (χ2v) is 6.08. The minimum absolute atomic E-state index is 0.0368. The van der Waals surface area contributed by atoms with Gasteiger partial charge in [0.15, 0.2) is 0 Å². The Morgan fingerprint density at radius 2 is 2.25 bits per heavy atom. The van der Waals surface area contributed by atoms with E-state index in [-0.39, 0.29) is 18.0 Å². The van der Waals surface area contributed by atoms with Gasteiger partial charge in [-0.25, -0.2) is 0 Å². The molecule has 0 spiro atoms. The average molecular weight is 224 g/mol. The van der Waals surface area contributed by atoms with Crippen molar-refractivity contribution >= 4 is 5.97 Å². The van der Waals surface area contributed by atoms with Crippen molar-refractivity contribution < 1.29 is 9.53 Å². The molecule has 16 heavy (non-hydrogen) atoms. The van der Waals surface area contributed by atoms with Crippen LogP contribution in [-0.2, 0) is 9.53 Å². The zero-order chi connectivity index (χ0) is 11.8. The summed E-state index contributed by atoms with van der Waals surface area (Å²) in [6, 6.07) is 0. The number of fused-ring (bicyclic) bond motifs is 1. The number of ether oxygens (including phenoxy) is 1. The van der Waals surface area contributed by atoms with E-state index in [1.54, 1.807) is 0 Å². The van der Waals surface area contributed by atoms with Crippen LogP contribution in [0.3, 0.4) is 0 Å². The second kappa shape index (κ2) is 4.38.